The van der Waals surface area contributed by atoms with Crippen LogP contribution >= 0.6 is 0 Å². The number of carbonyl (C=O) groups is 1. The van der Waals surface area contributed by atoms with Crippen molar-refractivity contribution in [1.82, 2.24) is 15.5 Å². The molecule has 0 saturated heterocycles. The predicted molar refractivity (Wildman–Crippen MR) is 101 cm³/mol. The number of hydrogen-bond acceptors (Lipinski definition) is 4. The molecule has 0 aliphatic carbocycles. The Bertz CT molecular complexity index is 858. The maximum atomic E-state index is 12.1. The first-order valence-electron chi connectivity index (χ1n) is 8.83. The monoisotopic (exact) mass is 349 g/mol. The van der Waals surface area contributed by atoms with Gasteiger partial charge >= 0.3 is 0 Å². The molecule has 0 spiro atoms. The lowest BCUT2D eigenvalue weighted by atomic mass is 9.98. The van der Waals surface area contributed by atoms with E-state index < -0.39 is 0 Å². The van der Waals surface area contributed by atoms with E-state index in [0.717, 1.165) is 17.5 Å². The molecule has 1 atom stereocenters. The van der Waals surface area contributed by atoms with Crippen molar-refractivity contribution in [3.8, 4) is 11.4 Å². The SMILES string of the molecule is Cc1ccccc1-c1noc(CC(=O)NCCC(C)c2ccccc2)n1. The number of nitrogens with one attached hydrogen (secondary N) is 1. The summed E-state index contributed by atoms with van der Waals surface area (Å²) >= 11 is 0. The van der Waals surface area contributed by atoms with Crippen LogP contribution in [0.2, 0.25) is 0 Å². The minimum atomic E-state index is -0.106. The summed E-state index contributed by atoms with van der Waals surface area (Å²) in [6.45, 7) is 4.77. The Morgan fingerprint density at radius 1 is 1.12 bits per heavy atom. The second-order valence-electron chi connectivity index (χ2n) is 6.45. The maximum Gasteiger partial charge on any atom is 0.236 e. The van der Waals surface area contributed by atoms with Crippen LogP contribution in [-0.4, -0.2) is 22.6 Å². The third-order valence-electron chi connectivity index (χ3n) is 4.43. The number of aromatic nitrogens is 2. The van der Waals surface area contributed by atoms with Crippen LogP contribution in [0.3, 0.4) is 0 Å². The molecule has 1 N–H and O–H groups in total. The fourth-order valence-corrected chi connectivity index (χ4v) is 2.84. The van der Waals surface area contributed by atoms with Gasteiger partial charge in [0, 0.05) is 12.1 Å². The van der Waals surface area contributed by atoms with Gasteiger partial charge in [-0.1, -0.05) is 66.7 Å². The summed E-state index contributed by atoms with van der Waals surface area (Å²) in [7, 11) is 0. The highest BCUT2D eigenvalue weighted by Crippen LogP contribution is 2.20. The van der Waals surface area contributed by atoms with Gasteiger partial charge < -0.3 is 9.84 Å². The molecule has 2 aromatic carbocycles. The first-order valence-corrected chi connectivity index (χ1v) is 8.83. The number of rotatable bonds is 7. The van der Waals surface area contributed by atoms with Gasteiger partial charge in [0.05, 0.1) is 0 Å². The Morgan fingerprint density at radius 3 is 2.62 bits per heavy atom. The highest BCUT2D eigenvalue weighted by atomic mass is 16.5. The molecule has 0 bridgehead atoms. The van der Waals surface area contributed by atoms with Crippen molar-refractivity contribution in [2.75, 3.05) is 6.54 Å². The number of carbonyl (C=O) groups excluding carboxylic acids is 1. The summed E-state index contributed by atoms with van der Waals surface area (Å²) in [6, 6.07) is 18.1. The van der Waals surface area contributed by atoms with Crippen LogP contribution in [-0.2, 0) is 11.2 Å². The van der Waals surface area contributed by atoms with Gasteiger partial charge in [-0.3, -0.25) is 4.79 Å². The lowest BCUT2D eigenvalue weighted by Crippen LogP contribution is -2.27. The average Bonchev–Trinajstić information content (AvgIpc) is 3.11. The average molecular weight is 349 g/mol. The number of benzene rings is 2. The number of nitrogens with zero attached hydrogens (tertiary/aromatic N) is 2. The summed E-state index contributed by atoms with van der Waals surface area (Å²) in [6.07, 6.45) is 0.979. The third kappa shape index (κ3) is 4.57. The zero-order valence-electron chi connectivity index (χ0n) is 15.1. The fraction of sp³-hybridized carbons (Fsp3) is 0.286. The molecule has 1 unspecified atom stereocenters. The normalized spacial score (nSPS) is 11.9. The standard InChI is InChI=1S/C21H23N3O2/c1-15(17-9-4-3-5-10-17)12-13-22-19(25)14-20-23-21(24-26-20)18-11-7-6-8-16(18)2/h3-11,15H,12-14H2,1-2H3,(H,22,25). The van der Waals surface area contributed by atoms with E-state index in [2.05, 4.69) is 34.5 Å². The molecule has 3 aromatic rings. The lowest BCUT2D eigenvalue weighted by Gasteiger charge is -2.12. The highest BCUT2D eigenvalue weighted by Gasteiger charge is 2.14. The van der Waals surface area contributed by atoms with Gasteiger partial charge in [-0.25, -0.2) is 0 Å². The van der Waals surface area contributed by atoms with Gasteiger partial charge in [0.15, 0.2) is 0 Å². The second kappa shape index (κ2) is 8.43. The minimum absolute atomic E-state index is 0.0958. The molecular formula is C21H23N3O2. The van der Waals surface area contributed by atoms with Crippen LogP contribution in [0.1, 0.15) is 36.3 Å². The summed E-state index contributed by atoms with van der Waals surface area (Å²) < 4.78 is 5.22. The Labute approximate surface area is 153 Å². The molecule has 3 rings (SSSR count). The summed E-state index contributed by atoms with van der Waals surface area (Å²) in [5.41, 5.74) is 3.26. The van der Waals surface area contributed by atoms with E-state index in [1.807, 2.05) is 49.4 Å². The molecule has 0 saturated carbocycles. The maximum absolute atomic E-state index is 12.1. The molecule has 134 valence electrons. The van der Waals surface area contributed by atoms with Crippen LogP contribution < -0.4 is 5.32 Å². The molecule has 26 heavy (non-hydrogen) atoms. The summed E-state index contributed by atoms with van der Waals surface area (Å²) in [5.74, 6) is 1.14. The summed E-state index contributed by atoms with van der Waals surface area (Å²) in [4.78, 5) is 16.4. The lowest BCUT2D eigenvalue weighted by molar-refractivity contribution is -0.120. The van der Waals surface area contributed by atoms with E-state index in [-0.39, 0.29) is 12.3 Å². The number of amides is 1. The van der Waals surface area contributed by atoms with Crippen molar-refractivity contribution in [3.63, 3.8) is 0 Å². The van der Waals surface area contributed by atoms with Gasteiger partial charge in [-0.15, -0.1) is 0 Å². The Morgan fingerprint density at radius 2 is 1.85 bits per heavy atom. The van der Waals surface area contributed by atoms with Crippen molar-refractivity contribution in [1.29, 1.82) is 0 Å². The smallest absolute Gasteiger partial charge is 0.236 e. The number of aryl methyl sites for hydroxylation is 1. The van der Waals surface area contributed by atoms with Crippen molar-refractivity contribution in [2.45, 2.75) is 32.6 Å². The first-order chi connectivity index (χ1) is 12.6. The van der Waals surface area contributed by atoms with E-state index in [1.54, 1.807) is 0 Å². The third-order valence-corrected chi connectivity index (χ3v) is 4.43. The fourth-order valence-electron chi connectivity index (χ4n) is 2.84. The molecular weight excluding hydrogens is 326 g/mol. The van der Waals surface area contributed by atoms with Crippen LogP contribution in [0.15, 0.2) is 59.1 Å². The van der Waals surface area contributed by atoms with E-state index >= 15 is 0 Å². The van der Waals surface area contributed by atoms with Crippen molar-refractivity contribution >= 4 is 5.91 Å². The number of hydrogen-bond donors (Lipinski definition) is 1. The Balaban J connectivity index is 1.49. The quantitative estimate of drug-likeness (QED) is 0.702. The van der Waals surface area contributed by atoms with E-state index in [9.17, 15) is 4.79 Å². The first kappa shape index (κ1) is 17.9. The molecule has 0 aliphatic heterocycles. The molecule has 1 aromatic heterocycles. The summed E-state index contributed by atoms with van der Waals surface area (Å²) in [5, 5.41) is 6.91. The van der Waals surface area contributed by atoms with Gasteiger partial charge in [0.2, 0.25) is 17.6 Å². The Hall–Kier alpha value is -2.95. The van der Waals surface area contributed by atoms with Gasteiger partial charge in [-0.2, -0.15) is 4.98 Å². The van der Waals surface area contributed by atoms with Gasteiger partial charge in [0.25, 0.3) is 0 Å². The molecule has 0 aliphatic rings. The van der Waals surface area contributed by atoms with Crippen LogP contribution in [0.25, 0.3) is 11.4 Å². The molecule has 0 radical (unpaired) electrons. The second-order valence-corrected chi connectivity index (χ2v) is 6.45. The predicted octanol–water partition coefficient (Wildman–Crippen LogP) is 3.90. The van der Waals surface area contributed by atoms with Crippen LogP contribution in [0.5, 0.6) is 0 Å². The van der Waals surface area contributed by atoms with Crippen molar-refractivity contribution in [2.24, 2.45) is 0 Å². The molecule has 5 heteroatoms. The van der Waals surface area contributed by atoms with Crippen LogP contribution in [0, 0.1) is 6.92 Å². The molecule has 1 amide bonds. The van der Waals surface area contributed by atoms with Crippen molar-refractivity contribution < 1.29 is 9.32 Å². The van der Waals surface area contributed by atoms with E-state index in [1.165, 1.54) is 5.56 Å². The zero-order valence-corrected chi connectivity index (χ0v) is 15.1. The highest BCUT2D eigenvalue weighted by molar-refractivity contribution is 5.77. The Kier molecular flexibility index (Phi) is 5.79. The van der Waals surface area contributed by atoms with Gasteiger partial charge in [0.1, 0.15) is 6.42 Å². The molecule has 5 nitrogen and oxygen atoms in total. The van der Waals surface area contributed by atoms with Gasteiger partial charge in [-0.05, 0) is 30.4 Å². The van der Waals surface area contributed by atoms with E-state index in [4.69, 9.17) is 4.52 Å². The molecule has 1 heterocycles. The minimum Gasteiger partial charge on any atom is -0.356 e. The van der Waals surface area contributed by atoms with E-state index in [0.29, 0.717) is 24.2 Å². The largest absolute Gasteiger partial charge is 0.356 e. The zero-order chi connectivity index (χ0) is 18.4. The molecule has 0 fully saturated rings. The van der Waals surface area contributed by atoms with Crippen LogP contribution in [0.4, 0.5) is 0 Å². The van der Waals surface area contributed by atoms with Crippen molar-refractivity contribution in [3.05, 3.63) is 71.6 Å². The topological polar surface area (TPSA) is 68.0 Å².